The first-order valence-electron chi connectivity index (χ1n) is 8.35. The van der Waals surface area contributed by atoms with Gasteiger partial charge in [0.2, 0.25) is 5.82 Å². The van der Waals surface area contributed by atoms with Gasteiger partial charge in [-0.3, -0.25) is 4.98 Å². The second-order valence-electron chi connectivity index (χ2n) is 5.69. The molecule has 4 nitrogen and oxygen atoms in total. The van der Waals surface area contributed by atoms with Crippen LogP contribution in [0.1, 0.15) is 11.3 Å². The van der Waals surface area contributed by atoms with Crippen molar-refractivity contribution in [2.75, 3.05) is 0 Å². The smallest absolute Gasteiger partial charge is 0.200 e. The van der Waals surface area contributed by atoms with E-state index in [2.05, 4.69) is 15.2 Å². The zero-order valence-corrected chi connectivity index (χ0v) is 14.0. The minimum Gasteiger partial charge on any atom is -0.253 e. The number of benzene rings is 2. The summed E-state index contributed by atoms with van der Waals surface area (Å²) in [7, 11) is 0. The highest BCUT2D eigenvalue weighted by Gasteiger charge is 2.11. The minimum atomic E-state index is 0.512. The summed E-state index contributed by atoms with van der Waals surface area (Å²) < 4.78 is 0. The van der Waals surface area contributed by atoms with Crippen molar-refractivity contribution in [1.82, 2.24) is 20.2 Å². The standard InChI is InChI=1S/C22H16N4/c1-3-9-17(10-4-1)14-15-19-21(18-11-5-2-6-12-18)25-26-22(24-19)20-13-7-8-16-23-20/h1-16H/b15-14+. The Morgan fingerprint density at radius 3 is 2.12 bits per heavy atom. The van der Waals surface area contributed by atoms with Gasteiger partial charge in [-0.05, 0) is 23.8 Å². The molecule has 2 aromatic carbocycles. The molecule has 124 valence electrons. The number of rotatable bonds is 4. The lowest BCUT2D eigenvalue weighted by Crippen LogP contribution is -2.00. The Kier molecular flexibility index (Phi) is 4.56. The number of hydrogen-bond acceptors (Lipinski definition) is 4. The zero-order valence-electron chi connectivity index (χ0n) is 14.0. The van der Waals surface area contributed by atoms with E-state index in [1.165, 1.54) is 0 Å². The van der Waals surface area contributed by atoms with E-state index in [1.807, 2.05) is 91.0 Å². The molecule has 4 heteroatoms. The van der Waals surface area contributed by atoms with E-state index in [9.17, 15) is 0 Å². The first-order chi connectivity index (χ1) is 12.9. The Labute approximate surface area is 151 Å². The first-order valence-corrected chi connectivity index (χ1v) is 8.35. The van der Waals surface area contributed by atoms with Crippen molar-refractivity contribution in [3.8, 4) is 22.8 Å². The summed E-state index contributed by atoms with van der Waals surface area (Å²) in [5.41, 5.74) is 4.29. The molecular formula is C22H16N4. The van der Waals surface area contributed by atoms with E-state index in [0.29, 0.717) is 11.5 Å². The molecule has 0 saturated carbocycles. The van der Waals surface area contributed by atoms with Gasteiger partial charge in [0.15, 0.2) is 0 Å². The third-order valence-electron chi connectivity index (χ3n) is 3.89. The SMILES string of the molecule is C(=C\c1nc(-c2ccccn2)nnc1-c1ccccc1)/c1ccccc1. The maximum Gasteiger partial charge on any atom is 0.200 e. The van der Waals surface area contributed by atoms with Gasteiger partial charge in [0.1, 0.15) is 11.4 Å². The second-order valence-corrected chi connectivity index (χ2v) is 5.69. The van der Waals surface area contributed by atoms with E-state index in [0.717, 1.165) is 22.5 Å². The van der Waals surface area contributed by atoms with E-state index in [-0.39, 0.29) is 0 Å². The summed E-state index contributed by atoms with van der Waals surface area (Å²) in [6.45, 7) is 0. The second kappa shape index (κ2) is 7.49. The molecule has 0 unspecified atom stereocenters. The Bertz CT molecular complexity index is 1010. The Hall–Kier alpha value is -3.66. The van der Waals surface area contributed by atoms with Crippen molar-refractivity contribution in [2.45, 2.75) is 0 Å². The molecule has 0 N–H and O–H groups in total. The highest BCUT2D eigenvalue weighted by atomic mass is 15.2. The predicted octanol–water partition coefficient (Wildman–Crippen LogP) is 4.77. The lowest BCUT2D eigenvalue weighted by Gasteiger charge is -2.06. The van der Waals surface area contributed by atoms with Gasteiger partial charge in [-0.25, -0.2) is 4.98 Å². The van der Waals surface area contributed by atoms with Crippen LogP contribution in [0.4, 0.5) is 0 Å². The van der Waals surface area contributed by atoms with Gasteiger partial charge in [-0.2, -0.15) is 0 Å². The highest BCUT2D eigenvalue weighted by Crippen LogP contribution is 2.23. The molecule has 0 saturated heterocycles. The third-order valence-corrected chi connectivity index (χ3v) is 3.89. The van der Waals surface area contributed by atoms with Gasteiger partial charge in [0.25, 0.3) is 0 Å². The first kappa shape index (κ1) is 15.8. The molecule has 4 aromatic rings. The van der Waals surface area contributed by atoms with Gasteiger partial charge >= 0.3 is 0 Å². The molecule has 0 fully saturated rings. The van der Waals surface area contributed by atoms with Gasteiger partial charge in [0.05, 0.1) is 5.69 Å². The molecule has 0 amide bonds. The lowest BCUT2D eigenvalue weighted by molar-refractivity contribution is 0.970. The van der Waals surface area contributed by atoms with Crippen molar-refractivity contribution in [3.05, 3.63) is 96.3 Å². The van der Waals surface area contributed by atoms with Crippen LogP contribution in [0.15, 0.2) is 85.1 Å². The zero-order chi connectivity index (χ0) is 17.6. The molecule has 2 heterocycles. The topological polar surface area (TPSA) is 51.6 Å². The summed E-state index contributed by atoms with van der Waals surface area (Å²) in [6.07, 6.45) is 5.72. The fourth-order valence-electron chi connectivity index (χ4n) is 2.60. The lowest BCUT2D eigenvalue weighted by atomic mass is 10.1. The summed E-state index contributed by atoms with van der Waals surface area (Å²) >= 11 is 0. The normalized spacial score (nSPS) is 10.9. The minimum absolute atomic E-state index is 0.512. The fourth-order valence-corrected chi connectivity index (χ4v) is 2.60. The van der Waals surface area contributed by atoms with Crippen molar-refractivity contribution < 1.29 is 0 Å². The van der Waals surface area contributed by atoms with Crippen LogP contribution in [-0.2, 0) is 0 Å². The van der Waals surface area contributed by atoms with Crippen molar-refractivity contribution in [3.63, 3.8) is 0 Å². The van der Waals surface area contributed by atoms with Gasteiger partial charge < -0.3 is 0 Å². The molecule has 0 spiro atoms. The molecule has 0 aliphatic carbocycles. The molecule has 26 heavy (non-hydrogen) atoms. The molecule has 0 aliphatic heterocycles. The molecule has 2 aromatic heterocycles. The Morgan fingerprint density at radius 2 is 1.38 bits per heavy atom. The largest absolute Gasteiger partial charge is 0.253 e. The van der Waals surface area contributed by atoms with Crippen LogP contribution in [0.2, 0.25) is 0 Å². The summed E-state index contributed by atoms with van der Waals surface area (Å²) in [5.74, 6) is 0.512. The monoisotopic (exact) mass is 336 g/mol. The van der Waals surface area contributed by atoms with Crippen LogP contribution < -0.4 is 0 Å². The number of nitrogens with zero attached hydrogens (tertiary/aromatic N) is 4. The van der Waals surface area contributed by atoms with Gasteiger partial charge in [-0.1, -0.05) is 72.8 Å². The molecular weight excluding hydrogens is 320 g/mol. The maximum absolute atomic E-state index is 4.71. The van der Waals surface area contributed by atoms with Crippen LogP contribution >= 0.6 is 0 Å². The van der Waals surface area contributed by atoms with E-state index < -0.39 is 0 Å². The third kappa shape index (κ3) is 3.54. The summed E-state index contributed by atoms with van der Waals surface area (Å²) in [5, 5.41) is 8.72. The fraction of sp³-hybridized carbons (Fsp3) is 0. The summed E-state index contributed by atoms with van der Waals surface area (Å²) in [6, 6.07) is 25.7. The molecule has 4 rings (SSSR count). The molecule has 0 bridgehead atoms. The van der Waals surface area contributed by atoms with Crippen LogP contribution in [0.5, 0.6) is 0 Å². The molecule has 0 atom stereocenters. The van der Waals surface area contributed by atoms with E-state index in [4.69, 9.17) is 4.98 Å². The van der Waals surface area contributed by atoms with Crippen LogP contribution in [0.3, 0.4) is 0 Å². The number of hydrogen-bond donors (Lipinski definition) is 0. The van der Waals surface area contributed by atoms with Crippen molar-refractivity contribution in [2.24, 2.45) is 0 Å². The van der Waals surface area contributed by atoms with Crippen LogP contribution in [0.25, 0.3) is 34.9 Å². The Morgan fingerprint density at radius 1 is 0.654 bits per heavy atom. The summed E-state index contributed by atoms with van der Waals surface area (Å²) in [4.78, 5) is 9.03. The van der Waals surface area contributed by atoms with Crippen molar-refractivity contribution in [1.29, 1.82) is 0 Å². The Balaban J connectivity index is 1.80. The highest BCUT2D eigenvalue weighted by molar-refractivity contribution is 5.77. The van der Waals surface area contributed by atoms with Crippen LogP contribution in [-0.4, -0.2) is 20.2 Å². The van der Waals surface area contributed by atoms with E-state index in [1.54, 1.807) is 6.20 Å². The predicted molar refractivity (Wildman–Crippen MR) is 104 cm³/mol. The van der Waals surface area contributed by atoms with Gasteiger partial charge in [-0.15, -0.1) is 10.2 Å². The number of pyridine rings is 1. The maximum atomic E-state index is 4.71. The van der Waals surface area contributed by atoms with Gasteiger partial charge in [0, 0.05) is 11.8 Å². The number of aromatic nitrogens is 4. The molecule has 0 radical (unpaired) electrons. The van der Waals surface area contributed by atoms with Crippen LogP contribution in [0, 0.1) is 0 Å². The average Bonchev–Trinajstić information content (AvgIpc) is 2.74. The quantitative estimate of drug-likeness (QED) is 0.538. The van der Waals surface area contributed by atoms with Crippen molar-refractivity contribution >= 4 is 12.2 Å². The molecule has 0 aliphatic rings. The van der Waals surface area contributed by atoms with E-state index >= 15 is 0 Å². The average molecular weight is 336 g/mol.